The molecule has 36 heavy (non-hydrogen) atoms. The van der Waals surface area contributed by atoms with Gasteiger partial charge in [-0.2, -0.15) is 0 Å². The second-order valence-electron chi connectivity index (χ2n) is 9.43. The van der Waals surface area contributed by atoms with Crippen LogP contribution >= 0.6 is 0 Å². The third-order valence-corrected chi connectivity index (χ3v) is 6.52. The van der Waals surface area contributed by atoms with E-state index < -0.39 is 0 Å². The summed E-state index contributed by atoms with van der Waals surface area (Å²) >= 11 is 0. The van der Waals surface area contributed by atoms with Crippen molar-refractivity contribution in [3.63, 3.8) is 0 Å². The first-order valence-corrected chi connectivity index (χ1v) is 13.0. The fourth-order valence-electron chi connectivity index (χ4n) is 4.56. The van der Waals surface area contributed by atoms with Gasteiger partial charge in [-0.3, -0.25) is 4.79 Å². The summed E-state index contributed by atoms with van der Waals surface area (Å²) in [6.07, 6.45) is 17.1. The smallest absolute Gasteiger partial charge is 0.171 e. The Morgan fingerprint density at radius 2 is 1.86 bits per heavy atom. The van der Waals surface area contributed by atoms with Gasteiger partial charge < -0.3 is 0 Å². The van der Waals surface area contributed by atoms with E-state index in [-0.39, 0.29) is 7.21 Å². The Labute approximate surface area is 219 Å². The molecule has 1 aliphatic carbocycles. The highest BCUT2D eigenvalue weighted by atomic mass is 16.1. The lowest BCUT2D eigenvalue weighted by Gasteiger charge is -2.13. The first kappa shape index (κ1) is 26.9. The largest absolute Gasteiger partial charge is 0.293 e. The molecule has 1 heteroatoms. The Hall–Kier alpha value is -3.67. The third kappa shape index (κ3) is 7.17. The predicted molar refractivity (Wildman–Crippen MR) is 157 cm³/mol. The van der Waals surface area contributed by atoms with Crippen LogP contribution < -0.4 is 0 Å². The van der Waals surface area contributed by atoms with Crippen LogP contribution in [0.2, 0.25) is 0 Å². The van der Waals surface area contributed by atoms with Crippen LogP contribution in [-0.4, -0.2) is 5.78 Å². The Morgan fingerprint density at radius 3 is 2.58 bits per heavy atom. The molecular weight excluding hydrogens is 436 g/mol. The molecule has 0 fully saturated rings. The number of benzene rings is 2. The molecule has 0 atom stereocenters. The van der Waals surface area contributed by atoms with Gasteiger partial charge in [0.05, 0.1) is 5.57 Å². The number of rotatable bonds is 11. The Balaban J connectivity index is 0.00000481. The number of hydrogen-bond donors (Lipinski definition) is 0. The maximum Gasteiger partial charge on any atom is 0.171 e. The first-order valence-electron chi connectivity index (χ1n) is 13.0. The standard InChI is InChI=1S/C35H38O.H2/c1-6-9-18-34(36)33(35-26(4)14-10-11-17-31(35)8-3)22-21-32-20-19-30(23-27(32)5)25-29-16-12-15-28(24-29)13-7-2;/h7-8,10,12,14-17,19-21,23-24H,2-3,6,9,11,13,18,25H2,1,4-5H3;1H. The Morgan fingerprint density at radius 1 is 1.08 bits per heavy atom. The summed E-state index contributed by atoms with van der Waals surface area (Å²) in [5.74, 6) is 0.138. The van der Waals surface area contributed by atoms with Crippen LogP contribution in [0, 0.1) is 6.92 Å². The highest BCUT2D eigenvalue weighted by Crippen LogP contribution is 2.29. The highest BCUT2D eigenvalue weighted by Gasteiger charge is 2.19. The van der Waals surface area contributed by atoms with Crippen molar-refractivity contribution in [2.75, 3.05) is 0 Å². The van der Waals surface area contributed by atoms with E-state index in [4.69, 9.17) is 0 Å². The number of allylic oxidation sites excluding steroid dienone is 9. The van der Waals surface area contributed by atoms with Crippen molar-refractivity contribution in [1.82, 2.24) is 0 Å². The minimum absolute atomic E-state index is 0. The van der Waals surface area contributed by atoms with E-state index in [1.54, 1.807) is 0 Å². The van der Waals surface area contributed by atoms with Crippen molar-refractivity contribution in [2.24, 2.45) is 0 Å². The van der Waals surface area contributed by atoms with E-state index in [9.17, 15) is 4.79 Å². The van der Waals surface area contributed by atoms with E-state index in [2.05, 4.69) is 100 Å². The van der Waals surface area contributed by atoms with E-state index in [0.717, 1.165) is 54.4 Å². The minimum Gasteiger partial charge on any atom is -0.293 e. The monoisotopic (exact) mass is 476 g/mol. The molecule has 0 aliphatic heterocycles. The molecule has 0 unspecified atom stereocenters. The fraction of sp³-hybridized carbons (Fsp3) is 0.257. The molecule has 1 nitrogen and oxygen atoms in total. The summed E-state index contributed by atoms with van der Waals surface area (Å²) in [5, 5.41) is 0. The van der Waals surface area contributed by atoms with Crippen molar-refractivity contribution in [3.05, 3.63) is 142 Å². The second-order valence-corrected chi connectivity index (χ2v) is 9.43. The summed E-state index contributed by atoms with van der Waals surface area (Å²) in [6.45, 7) is 14.2. The van der Waals surface area contributed by atoms with Crippen molar-refractivity contribution < 1.29 is 6.22 Å². The van der Waals surface area contributed by atoms with Crippen molar-refractivity contribution in [2.45, 2.75) is 59.3 Å². The van der Waals surface area contributed by atoms with Crippen LogP contribution in [0.3, 0.4) is 0 Å². The summed E-state index contributed by atoms with van der Waals surface area (Å²) in [6, 6.07) is 15.2. The third-order valence-electron chi connectivity index (χ3n) is 6.52. The van der Waals surface area contributed by atoms with Crippen molar-refractivity contribution >= 4 is 11.9 Å². The lowest BCUT2D eigenvalue weighted by atomic mass is 9.89. The molecule has 0 N–H and O–H groups in total. The van der Waals surface area contributed by atoms with E-state index >= 15 is 0 Å². The topological polar surface area (TPSA) is 17.1 Å². The molecular formula is C35H40O. The van der Waals surface area contributed by atoms with Gasteiger partial charge in [0.15, 0.2) is 5.78 Å². The first-order chi connectivity index (χ1) is 17.5. The van der Waals surface area contributed by atoms with Gasteiger partial charge in [0.1, 0.15) is 0 Å². The lowest BCUT2D eigenvalue weighted by Crippen LogP contribution is -2.07. The SMILES string of the molecule is C=CCc1cccc(Cc2ccc(C=C=C(C(=O)CCCC)C3=C(C)C=CCC=C3C=C)c(C)c2)c1.[HH]. The highest BCUT2D eigenvalue weighted by molar-refractivity contribution is 6.01. The number of hydrogen-bond acceptors (Lipinski definition) is 1. The molecule has 0 aromatic heterocycles. The zero-order valence-corrected chi connectivity index (χ0v) is 22.1. The van der Waals surface area contributed by atoms with Gasteiger partial charge in [0.25, 0.3) is 0 Å². The van der Waals surface area contributed by atoms with Crippen LogP contribution in [-0.2, 0) is 17.6 Å². The molecule has 2 aromatic rings. The number of carbonyl (C=O) groups excluding carboxylic acids is 1. The number of ketones is 1. The van der Waals surface area contributed by atoms with Crippen LogP contribution in [0.4, 0.5) is 0 Å². The molecule has 0 radical (unpaired) electrons. The average Bonchev–Trinajstić information content (AvgIpc) is 3.05. The molecule has 0 saturated heterocycles. The van der Waals surface area contributed by atoms with Crippen molar-refractivity contribution in [3.8, 4) is 0 Å². The fourth-order valence-corrected chi connectivity index (χ4v) is 4.56. The van der Waals surface area contributed by atoms with Crippen molar-refractivity contribution in [1.29, 1.82) is 0 Å². The van der Waals surface area contributed by atoms with Gasteiger partial charge in [-0.1, -0.05) is 92.8 Å². The molecule has 0 spiro atoms. The lowest BCUT2D eigenvalue weighted by molar-refractivity contribution is -0.115. The molecule has 0 bridgehead atoms. The predicted octanol–water partition coefficient (Wildman–Crippen LogP) is 9.25. The Bertz CT molecular complexity index is 1290. The zero-order chi connectivity index (χ0) is 25.9. The van der Waals surface area contributed by atoms with Gasteiger partial charge in [0.2, 0.25) is 0 Å². The van der Waals surface area contributed by atoms with E-state index in [1.165, 1.54) is 22.3 Å². The molecule has 0 amide bonds. The summed E-state index contributed by atoms with van der Waals surface area (Å²) in [4.78, 5) is 13.3. The average molecular weight is 477 g/mol. The molecule has 1 aliphatic rings. The summed E-state index contributed by atoms with van der Waals surface area (Å²) < 4.78 is 0. The van der Waals surface area contributed by atoms with Crippen LogP contribution in [0.5, 0.6) is 0 Å². The van der Waals surface area contributed by atoms with Gasteiger partial charge in [-0.05, 0) is 84.6 Å². The second kappa shape index (κ2) is 13.4. The summed E-state index contributed by atoms with van der Waals surface area (Å²) in [5.41, 5.74) is 13.2. The van der Waals surface area contributed by atoms with Gasteiger partial charge in [-0.15, -0.1) is 12.3 Å². The van der Waals surface area contributed by atoms with Crippen LogP contribution in [0.25, 0.3) is 6.08 Å². The molecule has 0 heterocycles. The molecule has 3 rings (SSSR count). The van der Waals surface area contributed by atoms with Crippen LogP contribution in [0.1, 0.15) is 68.8 Å². The van der Waals surface area contributed by atoms with E-state index in [1.807, 2.05) is 18.2 Å². The molecule has 186 valence electrons. The van der Waals surface area contributed by atoms with Gasteiger partial charge in [0, 0.05) is 13.4 Å². The molecule has 0 saturated carbocycles. The van der Waals surface area contributed by atoms with E-state index in [0.29, 0.717) is 12.0 Å². The number of unbranched alkanes of at least 4 members (excludes halogenated alkanes) is 1. The molecule has 2 aromatic carbocycles. The van der Waals surface area contributed by atoms with Gasteiger partial charge in [-0.25, -0.2) is 0 Å². The summed E-state index contributed by atoms with van der Waals surface area (Å²) in [7, 11) is 0. The maximum atomic E-state index is 13.3. The Kier molecular flexibility index (Phi) is 10.0. The van der Waals surface area contributed by atoms with Gasteiger partial charge >= 0.3 is 0 Å². The quantitative estimate of drug-likeness (QED) is 0.179. The van der Waals surface area contributed by atoms with Crippen LogP contribution in [0.15, 0.2) is 114 Å². The zero-order valence-electron chi connectivity index (χ0n) is 22.1. The number of carbonyl (C=O) groups is 1. The number of aryl methyl sites for hydroxylation is 1. The normalized spacial score (nSPS) is 12.9. The minimum atomic E-state index is 0. The number of Topliss-reactive ketones (excluding diaryl/α,β-unsaturated/α-hetero) is 1. The maximum absolute atomic E-state index is 13.3.